The van der Waals surface area contributed by atoms with Crippen molar-refractivity contribution in [1.82, 2.24) is 0 Å². The largest absolute Gasteiger partial charge is 0.462 e. The van der Waals surface area contributed by atoms with Gasteiger partial charge in [-0.2, -0.15) is 0 Å². The molecule has 1 aromatic rings. The molecule has 0 saturated heterocycles. The third-order valence-electron chi connectivity index (χ3n) is 2.02. The van der Waals surface area contributed by atoms with Crippen LogP contribution < -0.4 is 5.32 Å². The van der Waals surface area contributed by atoms with E-state index in [1.54, 1.807) is 25.1 Å². The lowest BCUT2D eigenvalue weighted by Gasteiger charge is -2.08. The van der Waals surface area contributed by atoms with Gasteiger partial charge in [0.1, 0.15) is 6.10 Å². The molecule has 5 heteroatoms. The highest BCUT2D eigenvalue weighted by atomic mass is 16.5. The smallest absolute Gasteiger partial charge is 0.338 e. The minimum absolute atomic E-state index is 0.295. The van der Waals surface area contributed by atoms with Crippen LogP contribution in [0.3, 0.4) is 0 Å². The Morgan fingerprint density at radius 1 is 1.47 bits per heavy atom. The molecule has 0 radical (unpaired) electrons. The number of nitrogens with one attached hydrogen (secondary N) is 1. The number of anilines is 1. The molecule has 0 aliphatic heterocycles. The van der Waals surface area contributed by atoms with Gasteiger partial charge in [0.15, 0.2) is 0 Å². The number of aliphatic hydroxyl groups is 1. The highest BCUT2D eigenvalue weighted by molar-refractivity contribution is 5.96. The molecule has 1 amide bonds. The summed E-state index contributed by atoms with van der Waals surface area (Å²) in [6.45, 7) is 3.38. The molecule has 17 heavy (non-hydrogen) atoms. The quantitative estimate of drug-likeness (QED) is 0.771. The summed E-state index contributed by atoms with van der Waals surface area (Å²) in [5, 5.41) is 11.5. The van der Waals surface area contributed by atoms with Gasteiger partial charge >= 0.3 is 5.97 Å². The SMILES string of the molecule is CCOC(=O)c1cccc(NC(=O)C(C)O)c1. The number of benzene rings is 1. The Balaban J connectivity index is 2.79. The van der Waals surface area contributed by atoms with Crippen molar-refractivity contribution in [2.75, 3.05) is 11.9 Å². The van der Waals surface area contributed by atoms with E-state index >= 15 is 0 Å². The fourth-order valence-corrected chi connectivity index (χ4v) is 1.19. The van der Waals surface area contributed by atoms with Crippen LogP contribution in [-0.2, 0) is 9.53 Å². The summed E-state index contributed by atoms with van der Waals surface area (Å²) in [4.78, 5) is 22.7. The number of aliphatic hydroxyl groups excluding tert-OH is 1. The molecule has 0 spiro atoms. The number of ether oxygens (including phenoxy) is 1. The fraction of sp³-hybridized carbons (Fsp3) is 0.333. The van der Waals surface area contributed by atoms with Gasteiger partial charge in [0.05, 0.1) is 12.2 Å². The van der Waals surface area contributed by atoms with E-state index < -0.39 is 18.0 Å². The van der Waals surface area contributed by atoms with Crippen LogP contribution in [0.15, 0.2) is 24.3 Å². The molecule has 5 nitrogen and oxygen atoms in total. The first kappa shape index (κ1) is 13.2. The van der Waals surface area contributed by atoms with Crippen molar-refractivity contribution in [2.24, 2.45) is 0 Å². The molecule has 1 atom stereocenters. The van der Waals surface area contributed by atoms with E-state index in [1.165, 1.54) is 13.0 Å². The fourth-order valence-electron chi connectivity index (χ4n) is 1.19. The van der Waals surface area contributed by atoms with Gasteiger partial charge in [0.2, 0.25) is 0 Å². The summed E-state index contributed by atoms with van der Waals surface area (Å²) in [6.07, 6.45) is -1.10. The Labute approximate surface area is 99.4 Å². The third kappa shape index (κ3) is 3.88. The van der Waals surface area contributed by atoms with Crippen molar-refractivity contribution >= 4 is 17.6 Å². The normalized spacial score (nSPS) is 11.7. The lowest BCUT2D eigenvalue weighted by molar-refractivity contribution is -0.123. The standard InChI is InChI=1S/C12H15NO4/c1-3-17-12(16)9-5-4-6-10(7-9)13-11(15)8(2)14/h4-8,14H,3H2,1-2H3,(H,13,15). The molecular weight excluding hydrogens is 222 g/mol. The Morgan fingerprint density at radius 3 is 2.76 bits per heavy atom. The first-order valence-electron chi connectivity index (χ1n) is 5.30. The minimum atomic E-state index is -1.10. The predicted molar refractivity (Wildman–Crippen MR) is 62.7 cm³/mol. The zero-order valence-electron chi connectivity index (χ0n) is 9.77. The molecule has 0 aromatic heterocycles. The monoisotopic (exact) mass is 237 g/mol. The topological polar surface area (TPSA) is 75.6 Å². The van der Waals surface area contributed by atoms with E-state index in [0.29, 0.717) is 17.9 Å². The summed E-state index contributed by atoms with van der Waals surface area (Å²) < 4.78 is 4.83. The van der Waals surface area contributed by atoms with Crippen molar-refractivity contribution in [3.05, 3.63) is 29.8 Å². The van der Waals surface area contributed by atoms with Crippen LogP contribution in [0.2, 0.25) is 0 Å². The molecule has 1 unspecified atom stereocenters. The number of rotatable bonds is 4. The summed E-state index contributed by atoms with van der Waals surface area (Å²) in [5.74, 6) is -0.966. The van der Waals surface area contributed by atoms with Crippen LogP contribution in [0.4, 0.5) is 5.69 Å². The molecule has 92 valence electrons. The van der Waals surface area contributed by atoms with Crippen molar-refractivity contribution in [2.45, 2.75) is 20.0 Å². The van der Waals surface area contributed by atoms with Gasteiger partial charge in [0, 0.05) is 5.69 Å². The lowest BCUT2D eigenvalue weighted by atomic mass is 10.2. The van der Waals surface area contributed by atoms with Crippen molar-refractivity contribution in [3.63, 3.8) is 0 Å². The van der Waals surface area contributed by atoms with Crippen LogP contribution in [0, 0.1) is 0 Å². The Kier molecular flexibility index (Phi) is 4.66. The summed E-state index contributed by atoms with van der Waals surface area (Å²) in [5.41, 5.74) is 0.802. The molecule has 0 aliphatic carbocycles. The highest BCUT2D eigenvalue weighted by Gasteiger charge is 2.11. The van der Waals surface area contributed by atoms with Gasteiger partial charge in [-0.25, -0.2) is 4.79 Å². The molecular formula is C12H15NO4. The van der Waals surface area contributed by atoms with Gasteiger partial charge in [-0.05, 0) is 32.0 Å². The maximum absolute atomic E-state index is 11.4. The second-order valence-electron chi connectivity index (χ2n) is 3.47. The maximum atomic E-state index is 11.4. The molecule has 0 fully saturated rings. The molecule has 0 aliphatic rings. The molecule has 1 aromatic carbocycles. The van der Waals surface area contributed by atoms with Crippen molar-refractivity contribution in [1.29, 1.82) is 0 Å². The average Bonchev–Trinajstić information content (AvgIpc) is 2.29. The van der Waals surface area contributed by atoms with Crippen LogP contribution in [0.25, 0.3) is 0 Å². The van der Waals surface area contributed by atoms with Crippen LogP contribution in [0.1, 0.15) is 24.2 Å². The van der Waals surface area contributed by atoms with Crippen LogP contribution >= 0.6 is 0 Å². The van der Waals surface area contributed by atoms with Gasteiger partial charge in [0.25, 0.3) is 5.91 Å². The average molecular weight is 237 g/mol. The van der Waals surface area contributed by atoms with Gasteiger partial charge in [-0.1, -0.05) is 6.07 Å². The van der Waals surface area contributed by atoms with E-state index in [1.807, 2.05) is 0 Å². The number of amides is 1. The lowest BCUT2D eigenvalue weighted by Crippen LogP contribution is -2.24. The third-order valence-corrected chi connectivity index (χ3v) is 2.02. The zero-order chi connectivity index (χ0) is 12.8. The Hall–Kier alpha value is -1.88. The molecule has 0 saturated carbocycles. The van der Waals surface area contributed by atoms with Crippen LogP contribution in [-0.4, -0.2) is 29.7 Å². The number of esters is 1. The van der Waals surface area contributed by atoms with E-state index in [2.05, 4.69) is 5.32 Å². The number of carbonyl (C=O) groups excluding carboxylic acids is 2. The maximum Gasteiger partial charge on any atom is 0.338 e. The highest BCUT2D eigenvalue weighted by Crippen LogP contribution is 2.12. The predicted octanol–water partition coefficient (Wildman–Crippen LogP) is 1.18. The van der Waals surface area contributed by atoms with Gasteiger partial charge in [-0.3, -0.25) is 4.79 Å². The van der Waals surface area contributed by atoms with E-state index in [4.69, 9.17) is 9.84 Å². The second kappa shape index (κ2) is 6.00. The van der Waals surface area contributed by atoms with E-state index in [-0.39, 0.29) is 0 Å². The number of carbonyl (C=O) groups is 2. The van der Waals surface area contributed by atoms with Crippen molar-refractivity contribution < 1.29 is 19.4 Å². The van der Waals surface area contributed by atoms with Gasteiger partial charge < -0.3 is 15.2 Å². The summed E-state index contributed by atoms with van der Waals surface area (Å²) in [6, 6.07) is 6.35. The number of hydrogen-bond acceptors (Lipinski definition) is 4. The Bertz CT molecular complexity index is 415. The Morgan fingerprint density at radius 2 is 2.18 bits per heavy atom. The first-order valence-corrected chi connectivity index (χ1v) is 5.30. The van der Waals surface area contributed by atoms with E-state index in [0.717, 1.165) is 0 Å². The molecule has 0 heterocycles. The second-order valence-corrected chi connectivity index (χ2v) is 3.47. The zero-order valence-corrected chi connectivity index (χ0v) is 9.77. The summed E-state index contributed by atoms with van der Waals surface area (Å²) >= 11 is 0. The van der Waals surface area contributed by atoms with Crippen molar-refractivity contribution in [3.8, 4) is 0 Å². The number of hydrogen-bond donors (Lipinski definition) is 2. The van der Waals surface area contributed by atoms with Gasteiger partial charge in [-0.15, -0.1) is 0 Å². The molecule has 0 bridgehead atoms. The molecule has 1 rings (SSSR count). The minimum Gasteiger partial charge on any atom is -0.462 e. The van der Waals surface area contributed by atoms with Crippen LogP contribution in [0.5, 0.6) is 0 Å². The van der Waals surface area contributed by atoms with E-state index in [9.17, 15) is 9.59 Å². The summed E-state index contributed by atoms with van der Waals surface area (Å²) in [7, 11) is 0. The first-order chi connectivity index (χ1) is 8.04. The molecule has 2 N–H and O–H groups in total.